The monoisotopic (exact) mass is 431 g/mol. The summed E-state index contributed by atoms with van der Waals surface area (Å²) in [6, 6.07) is 7.74. The maximum absolute atomic E-state index is 12.9. The van der Waals surface area contributed by atoms with Gasteiger partial charge in [0, 0.05) is 19.6 Å². The van der Waals surface area contributed by atoms with Crippen LogP contribution in [0.3, 0.4) is 0 Å². The fourth-order valence-corrected chi connectivity index (χ4v) is 3.26. The fourth-order valence-electron chi connectivity index (χ4n) is 3.26. The van der Waals surface area contributed by atoms with Crippen LogP contribution in [0.2, 0.25) is 0 Å². The largest absolute Gasteiger partial charge is 0.492 e. The zero-order chi connectivity index (χ0) is 23.0. The summed E-state index contributed by atoms with van der Waals surface area (Å²) in [4.78, 5) is 43.0. The highest BCUT2D eigenvalue weighted by Crippen LogP contribution is 2.18. The molecule has 1 heterocycles. The molecule has 0 radical (unpaired) electrons. The van der Waals surface area contributed by atoms with Crippen LogP contribution in [0.5, 0.6) is 5.75 Å². The summed E-state index contributed by atoms with van der Waals surface area (Å²) in [6.45, 7) is 7.40. The molecule has 0 spiro atoms. The molecule has 9 nitrogen and oxygen atoms in total. The number of aryl methyl sites for hydroxylation is 1. The van der Waals surface area contributed by atoms with E-state index in [0.717, 1.165) is 24.2 Å². The molecule has 9 heteroatoms. The van der Waals surface area contributed by atoms with Gasteiger partial charge in [-0.2, -0.15) is 0 Å². The lowest BCUT2D eigenvalue weighted by Crippen LogP contribution is -2.45. The first kappa shape index (κ1) is 24.2. The number of carbonyl (C=O) groups excluding carboxylic acids is 1. The van der Waals surface area contributed by atoms with Crippen LogP contribution in [-0.2, 0) is 11.3 Å². The molecular weight excluding hydrogens is 398 g/mol. The topological polar surface area (TPSA) is 114 Å². The van der Waals surface area contributed by atoms with Crippen LogP contribution in [0.15, 0.2) is 33.9 Å². The third-order valence-corrected chi connectivity index (χ3v) is 5.07. The van der Waals surface area contributed by atoms with E-state index in [1.807, 2.05) is 50.1 Å². The lowest BCUT2D eigenvalue weighted by Gasteiger charge is -2.25. The lowest BCUT2D eigenvalue weighted by molar-refractivity contribution is -0.119. The second kappa shape index (κ2) is 11.4. The number of aromatic amines is 1. The predicted octanol–water partition coefficient (Wildman–Crippen LogP) is 1.59. The minimum absolute atomic E-state index is 0.0166. The van der Waals surface area contributed by atoms with Crippen molar-refractivity contribution in [2.75, 3.05) is 43.9 Å². The Balaban J connectivity index is 2.08. The van der Waals surface area contributed by atoms with E-state index in [-0.39, 0.29) is 30.5 Å². The number of rotatable bonds is 11. The van der Waals surface area contributed by atoms with E-state index in [4.69, 9.17) is 10.5 Å². The van der Waals surface area contributed by atoms with Crippen molar-refractivity contribution in [3.63, 3.8) is 0 Å². The molecule has 0 saturated carbocycles. The number of benzene rings is 1. The fraction of sp³-hybridized carbons (Fsp3) is 0.500. The van der Waals surface area contributed by atoms with Crippen LogP contribution in [0.4, 0.5) is 11.5 Å². The van der Waals surface area contributed by atoms with Crippen LogP contribution in [-0.4, -0.2) is 53.6 Å². The first-order valence-electron chi connectivity index (χ1n) is 10.6. The summed E-state index contributed by atoms with van der Waals surface area (Å²) < 4.78 is 7.10. The van der Waals surface area contributed by atoms with Gasteiger partial charge in [-0.25, -0.2) is 4.79 Å². The van der Waals surface area contributed by atoms with Crippen molar-refractivity contribution in [2.45, 2.75) is 40.2 Å². The Morgan fingerprint density at radius 3 is 2.58 bits per heavy atom. The van der Waals surface area contributed by atoms with Crippen molar-refractivity contribution < 1.29 is 9.53 Å². The number of nitrogens with two attached hydrogens (primary N) is 1. The second-order valence-electron chi connectivity index (χ2n) is 7.49. The van der Waals surface area contributed by atoms with Gasteiger partial charge in [-0.05, 0) is 38.9 Å². The number of hydrogen-bond acceptors (Lipinski definition) is 6. The van der Waals surface area contributed by atoms with Gasteiger partial charge in [0.2, 0.25) is 5.91 Å². The average molecular weight is 432 g/mol. The standard InChI is InChI=1S/C22H33N5O4/c1-5-7-12-27-20(23)19(21(29)24-22(27)30)26(6-2)18(28)15-25(4)13-14-31-17-11-9-8-10-16(17)3/h8-11H,5-7,12-15,23H2,1-4H3,(H,24,29,30). The maximum Gasteiger partial charge on any atom is 0.330 e. The number of aromatic nitrogens is 2. The smallest absolute Gasteiger partial charge is 0.330 e. The van der Waals surface area contributed by atoms with E-state index < -0.39 is 11.2 Å². The van der Waals surface area contributed by atoms with Gasteiger partial charge in [0.15, 0.2) is 5.69 Å². The summed E-state index contributed by atoms with van der Waals surface area (Å²) in [5, 5.41) is 0. The highest BCUT2D eigenvalue weighted by molar-refractivity contribution is 5.96. The molecule has 2 rings (SSSR count). The number of ether oxygens (including phenoxy) is 1. The summed E-state index contributed by atoms with van der Waals surface area (Å²) in [5.74, 6) is 0.549. The van der Waals surface area contributed by atoms with Crippen molar-refractivity contribution >= 4 is 17.4 Å². The minimum Gasteiger partial charge on any atom is -0.492 e. The number of hydrogen-bond donors (Lipinski definition) is 2. The number of H-pyrrole nitrogens is 1. The summed E-state index contributed by atoms with van der Waals surface area (Å²) in [6.07, 6.45) is 1.60. The molecule has 1 aromatic heterocycles. The van der Waals surface area contributed by atoms with Crippen LogP contribution >= 0.6 is 0 Å². The molecule has 0 bridgehead atoms. The van der Waals surface area contributed by atoms with Crippen LogP contribution in [0.1, 0.15) is 32.3 Å². The van der Waals surface area contributed by atoms with E-state index in [2.05, 4.69) is 4.98 Å². The average Bonchev–Trinajstić information content (AvgIpc) is 2.72. The van der Waals surface area contributed by atoms with Gasteiger partial charge in [0.25, 0.3) is 5.56 Å². The SMILES string of the molecule is CCCCn1c(N)c(N(CC)C(=O)CN(C)CCOc2ccccc2C)c(=O)[nH]c1=O. The molecule has 0 aliphatic rings. The number of carbonyl (C=O) groups is 1. The van der Waals surface area contributed by atoms with Gasteiger partial charge in [-0.3, -0.25) is 24.0 Å². The third-order valence-electron chi connectivity index (χ3n) is 5.07. The van der Waals surface area contributed by atoms with Gasteiger partial charge in [0.05, 0.1) is 6.54 Å². The number of nitrogens with one attached hydrogen (secondary N) is 1. The molecule has 0 fully saturated rings. The van der Waals surface area contributed by atoms with Crippen molar-refractivity contribution in [2.24, 2.45) is 0 Å². The highest BCUT2D eigenvalue weighted by atomic mass is 16.5. The molecular formula is C22H33N5O4. The molecule has 0 saturated heterocycles. The van der Waals surface area contributed by atoms with Crippen LogP contribution < -0.4 is 26.6 Å². The number of unbranched alkanes of at least 4 members (excludes halogenated alkanes) is 1. The third kappa shape index (κ3) is 6.21. The molecule has 1 amide bonds. The molecule has 3 N–H and O–H groups in total. The second-order valence-corrected chi connectivity index (χ2v) is 7.49. The molecule has 0 aliphatic carbocycles. The van der Waals surface area contributed by atoms with Gasteiger partial charge in [-0.1, -0.05) is 31.5 Å². The number of likely N-dealkylation sites (N-methyl/N-ethyl adjacent to an activating group) is 2. The summed E-state index contributed by atoms with van der Waals surface area (Å²) >= 11 is 0. The van der Waals surface area contributed by atoms with Crippen LogP contribution in [0, 0.1) is 6.92 Å². The predicted molar refractivity (Wildman–Crippen MR) is 123 cm³/mol. The Labute approximate surface area is 182 Å². The molecule has 1 aromatic carbocycles. The Hall–Kier alpha value is -3.07. The number of nitrogen functional groups attached to an aromatic ring is 1. The zero-order valence-corrected chi connectivity index (χ0v) is 18.8. The Morgan fingerprint density at radius 1 is 1.23 bits per heavy atom. The first-order chi connectivity index (χ1) is 14.8. The zero-order valence-electron chi connectivity index (χ0n) is 18.8. The van der Waals surface area contributed by atoms with Crippen molar-refractivity contribution in [3.8, 4) is 5.75 Å². The van der Waals surface area contributed by atoms with Gasteiger partial charge < -0.3 is 15.4 Å². The lowest BCUT2D eigenvalue weighted by atomic mass is 10.2. The van der Waals surface area contributed by atoms with Gasteiger partial charge in [0.1, 0.15) is 18.2 Å². The van der Waals surface area contributed by atoms with Crippen molar-refractivity contribution in [1.82, 2.24) is 14.5 Å². The van der Waals surface area contributed by atoms with Crippen molar-refractivity contribution in [1.29, 1.82) is 0 Å². The Kier molecular flexibility index (Phi) is 8.87. The summed E-state index contributed by atoms with van der Waals surface area (Å²) in [5.41, 5.74) is 6.00. The van der Waals surface area contributed by atoms with Gasteiger partial charge >= 0.3 is 5.69 Å². The van der Waals surface area contributed by atoms with Crippen molar-refractivity contribution in [3.05, 3.63) is 50.7 Å². The van der Waals surface area contributed by atoms with E-state index in [0.29, 0.717) is 19.7 Å². The Bertz CT molecular complexity index is 998. The van der Waals surface area contributed by atoms with E-state index >= 15 is 0 Å². The number of nitrogens with zero attached hydrogens (tertiary/aromatic N) is 3. The highest BCUT2D eigenvalue weighted by Gasteiger charge is 2.23. The molecule has 0 unspecified atom stereocenters. The normalized spacial score (nSPS) is 11.0. The molecule has 2 aromatic rings. The van der Waals surface area contributed by atoms with E-state index in [9.17, 15) is 14.4 Å². The maximum atomic E-state index is 12.9. The number of anilines is 2. The Morgan fingerprint density at radius 2 is 1.94 bits per heavy atom. The minimum atomic E-state index is -0.656. The van der Waals surface area contributed by atoms with Crippen LogP contribution in [0.25, 0.3) is 0 Å². The quantitative estimate of drug-likeness (QED) is 0.559. The molecule has 170 valence electrons. The number of para-hydroxylation sites is 1. The summed E-state index contributed by atoms with van der Waals surface area (Å²) in [7, 11) is 1.81. The number of amides is 1. The van der Waals surface area contributed by atoms with E-state index in [1.54, 1.807) is 6.92 Å². The first-order valence-corrected chi connectivity index (χ1v) is 10.6. The molecule has 0 atom stereocenters. The molecule has 0 aliphatic heterocycles. The van der Waals surface area contributed by atoms with E-state index in [1.165, 1.54) is 9.47 Å². The molecule has 31 heavy (non-hydrogen) atoms. The van der Waals surface area contributed by atoms with Gasteiger partial charge in [-0.15, -0.1) is 0 Å².